The molecule has 8 heteroatoms. The standard InChI is InChI=1S/C24H18N2O4S2/c27-21-19-14-5-6-15(9-14)20(19)22(28)26(21)16-7-8-17-18(10-16)32-24(25-17)31-11-12-1-3-13(4-2-12)23(29)30/h1-8,10,14-15,19-20H,9,11H2,(H,29,30)/t14-,15+,19+,20-. The number of aromatic nitrogens is 1. The van der Waals surface area contributed by atoms with Gasteiger partial charge in [-0.05, 0) is 54.2 Å². The molecule has 1 saturated heterocycles. The summed E-state index contributed by atoms with van der Waals surface area (Å²) in [6, 6.07) is 12.4. The van der Waals surface area contributed by atoms with E-state index in [9.17, 15) is 14.4 Å². The highest BCUT2D eigenvalue weighted by atomic mass is 32.2. The number of carbonyl (C=O) groups excluding carboxylic acids is 2. The predicted molar refractivity (Wildman–Crippen MR) is 123 cm³/mol. The third-order valence-corrected chi connectivity index (χ3v) is 8.88. The van der Waals surface area contributed by atoms with Crippen LogP contribution < -0.4 is 4.90 Å². The lowest BCUT2D eigenvalue weighted by molar-refractivity contribution is -0.123. The first-order valence-electron chi connectivity index (χ1n) is 10.4. The molecule has 0 unspecified atom stereocenters. The molecule has 2 aliphatic carbocycles. The molecular weight excluding hydrogens is 444 g/mol. The van der Waals surface area contributed by atoms with E-state index in [-0.39, 0.29) is 41.0 Å². The summed E-state index contributed by atoms with van der Waals surface area (Å²) in [6.07, 6.45) is 5.13. The number of rotatable bonds is 5. The average Bonchev–Trinajstić information content (AvgIpc) is 3.55. The molecule has 0 radical (unpaired) electrons. The predicted octanol–water partition coefficient (Wildman–Crippen LogP) is 4.60. The van der Waals surface area contributed by atoms with E-state index in [0.717, 1.165) is 26.5 Å². The van der Waals surface area contributed by atoms with Crippen molar-refractivity contribution in [1.29, 1.82) is 0 Å². The summed E-state index contributed by atoms with van der Waals surface area (Å²) < 4.78 is 1.82. The van der Waals surface area contributed by atoms with Crippen LogP contribution in [0.3, 0.4) is 0 Å². The zero-order valence-electron chi connectivity index (χ0n) is 16.8. The zero-order valence-corrected chi connectivity index (χ0v) is 18.4. The maximum Gasteiger partial charge on any atom is 0.335 e. The second-order valence-electron chi connectivity index (χ2n) is 8.43. The first-order valence-corrected chi connectivity index (χ1v) is 12.2. The van der Waals surface area contributed by atoms with Gasteiger partial charge < -0.3 is 5.11 Å². The molecule has 4 atom stereocenters. The fraction of sp³-hybridized carbons (Fsp3) is 0.250. The van der Waals surface area contributed by atoms with E-state index >= 15 is 0 Å². The van der Waals surface area contributed by atoms with Gasteiger partial charge in [-0.3, -0.25) is 9.59 Å². The average molecular weight is 463 g/mol. The Hall–Kier alpha value is -2.97. The summed E-state index contributed by atoms with van der Waals surface area (Å²) in [5.41, 5.74) is 2.75. The number of imide groups is 1. The minimum atomic E-state index is -0.936. The minimum Gasteiger partial charge on any atom is -0.478 e. The number of anilines is 1. The van der Waals surface area contributed by atoms with Gasteiger partial charge >= 0.3 is 5.97 Å². The molecule has 32 heavy (non-hydrogen) atoms. The molecule has 6 rings (SSSR count). The Morgan fingerprint density at radius 2 is 1.75 bits per heavy atom. The molecule has 6 nitrogen and oxygen atoms in total. The number of benzene rings is 2. The summed E-state index contributed by atoms with van der Waals surface area (Å²) in [5.74, 6) is -0.401. The number of fused-ring (bicyclic) bond motifs is 6. The van der Waals surface area contributed by atoms with Gasteiger partial charge in [-0.2, -0.15) is 0 Å². The number of hydrogen-bond donors (Lipinski definition) is 1. The topological polar surface area (TPSA) is 87.6 Å². The number of carbonyl (C=O) groups is 3. The van der Waals surface area contributed by atoms with Crippen LogP contribution in [-0.2, 0) is 15.3 Å². The third-order valence-electron chi connectivity index (χ3n) is 6.64. The third kappa shape index (κ3) is 3.01. The lowest BCUT2D eigenvalue weighted by atomic mass is 9.85. The van der Waals surface area contributed by atoms with Crippen LogP contribution in [0, 0.1) is 23.7 Å². The van der Waals surface area contributed by atoms with Crippen molar-refractivity contribution in [3.63, 3.8) is 0 Å². The summed E-state index contributed by atoms with van der Waals surface area (Å²) >= 11 is 3.11. The molecular formula is C24H18N2O4S2. The Kier molecular flexibility index (Phi) is 4.48. The molecule has 1 N–H and O–H groups in total. The second-order valence-corrected chi connectivity index (χ2v) is 10.7. The van der Waals surface area contributed by atoms with Gasteiger partial charge in [0.1, 0.15) is 0 Å². The van der Waals surface area contributed by atoms with Crippen LogP contribution in [0.5, 0.6) is 0 Å². The lowest BCUT2D eigenvalue weighted by Crippen LogP contribution is -2.32. The molecule has 2 bridgehead atoms. The monoisotopic (exact) mass is 462 g/mol. The van der Waals surface area contributed by atoms with E-state index in [1.54, 1.807) is 23.9 Å². The van der Waals surface area contributed by atoms with Gasteiger partial charge in [-0.1, -0.05) is 36.0 Å². The van der Waals surface area contributed by atoms with E-state index in [0.29, 0.717) is 11.4 Å². The minimum absolute atomic E-state index is 0.0693. The first kappa shape index (κ1) is 19.7. The fourth-order valence-corrected chi connectivity index (χ4v) is 7.20. The van der Waals surface area contributed by atoms with Crippen LogP contribution in [0.15, 0.2) is 59.0 Å². The lowest BCUT2D eigenvalue weighted by Gasteiger charge is -2.17. The molecule has 160 valence electrons. The maximum atomic E-state index is 13.1. The number of nitrogens with zero attached hydrogens (tertiary/aromatic N) is 2. The van der Waals surface area contributed by atoms with Gasteiger partial charge in [0.05, 0.1) is 33.3 Å². The van der Waals surface area contributed by atoms with Crippen molar-refractivity contribution in [2.75, 3.05) is 4.90 Å². The molecule has 2 heterocycles. The number of aromatic carboxylic acids is 1. The Morgan fingerprint density at radius 3 is 2.41 bits per heavy atom. The Morgan fingerprint density at radius 1 is 1.06 bits per heavy atom. The Balaban J connectivity index is 1.21. The smallest absolute Gasteiger partial charge is 0.335 e. The molecule has 2 aromatic carbocycles. The van der Waals surface area contributed by atoms with Crippen LogP contribution in [0.2, 0.25) is 0 Å². The van der Waals surface area contributed by atoms with Crippen LogP contribution >= 0.6 is 23.1 Å². The molecule has 3 aliphatic rings. The normalized spacial score (nSPS) is 25.8. The first-order chi connectivity index (χ1) is 15.5. The molecule has 3 aromatic rings. The maximum absolute atomic E-state index is 13.1. The quantitative estimate of drug-likeness (QED) is 0.339. The number of carboxylic acid groups (broad SMARTS) is 1. The zero-order chi connectivity index (χ0) is 22.0. The van der Waals surface area contributed by atoms with Gasteiger partial charge in [0.2, 0.25) is 11.8 Å². The van der Waals surface area contributed by atoms with E-state index in [1.165, 1.54) is 16.2 Å². The largest absolute Gasteiger partial charge is 0.478 e. The highest BCUT2D eigenvalue weighted by molar-refractivity contribution is 8.00. The van der Waals surface area contributed by atoms with Crippen molar-refractivity contribution in [1.82, 2.24) is 4.98 Å². The number of thioether (sulfide) groups is 1. The molecule has 0 spiro atoms. The molecule has 1 aliphatic heterocycles. The van der Waals surface area contributed by atoms with Crippen LogP contribution in [0.4, 0.5) is 5.69 Å². The second kappa shape index (κ2) is 7.28. The van der Waals surface area contributed by atoms with E-state index in [4.69, 9.17) is 5.11 Å². The molecule has 1 saturated carbocycles. The van der Waals surface area contributed by atoms with Crippen molar-refractivity contribution in [3.05, 3.63) is 65.7 Å². The number of thiazole rings is 1. The summed E-state index contributed by atoms with van der Waals surface area (Å²) in [5, 5.41) is 9.01. The van der Waals surface area contributed by atoms with E-state index < -0.39 is 5.97 Å². The SMILES string of the molecule is O=C(O)c1ccc(CSc2nc3ccc(N4C(=O)[C@@H]5[C@H](C4=O)[C@H]4C=C[C@@H]5C4)cc3s2)cc1. The van der Waals surface area contributed by atoms with Crippen molar-refractivity contribution < 1.29 is 19.5 Å². The van der Waals surface area contributed by atoms with Crippen molar-refractivity contribution in [2.24, 2.45) is 23.7 Å². The van der Waals surface area contributed by atoms with Gasteiger partial charge in [0.15, 0.2) is 4.34 Å². The Labute approximate surface area is 191 Å². The van der Waals surface area contributed by atoms with Gasteiger partial charge in [0, 0.05) is 5.75 Å². The number of allylic oxidation sites excluding steroid dienone is 2. The highest BCUT2D eigenvalue weighted by Gasteiger charge is 2.59. The number of carboxylic acids is 1. The highest BCUT2D eigenvalue weighted by Crippen LogP contribution is 2.53. The van der Waals surface area contributed by atoms with Gasteiger partial charge in [0.25, 0.3) is 0 Å². The summed E-state index contributed by atoms with van der Waals surface area (Å²) in [7, 11) is 0. The van der Waals surface area contributed by atoms with Crippen LogP contribution in [-0.4, -0.2) is 27.9 Å². The summed E-state index contributed by atoms with van der Waals surface area (Å²) in [4.78, 5) is 43.2. The Bertz CT molecular complexity index is 1280. The van der Waals surface area contributed by atoms with Gasteiger partial charge in [-0.15, -0.1) is 11.3 Å². The molecule has 1 aromatic heterocycles. The van der Waals surface area contributed by atoms with Crippen molar-refractivity contribution >= 4 is 56.8 Å². The van der Waals surface area contributed by atoms with Crippen molar-refractivity contribution in [3.8, 4) is 0 Å². The number of amides is 2. The fourth-order valence-electron chi connectivity index (χ4n) is 5.14. The molecule has 2 amide bonds. The van der Waals surface area contributed by atoms with Crippen molar-refractivity contribution in [2.45, 2.75) is 16.5 Å². The van der Waals surface area contributed by atoms with Crippen LogP contribution in [0.1, 0.15) is 22.3 Å². The van der Waals surface area contributed by atoms with E-state index in [2.05, 4.69) is 17.1 Å². The summed E-state index contributed by atoms with van der Waals surface area (Å²) in [6.45, 7) is 0. The number of hydrogen-bond acceptors (Lipinski definition) is 6. The van der Waals surface area contributed by atoms with Gasteiger partial charge in [-0.25, -0.2) is 14.7 Å². The molecule has 2 fully saturated rings. The van der Waals surface area contributed by atoms with E-state index in [1.807, 2.05) is 30.3 Å². The van der Waals surface area contributed by atoms with Crippen LogP contribution in [0.25, 0.3) is 10.2 Å².